The van der Waals surface area contributed by atoms with E-state index in [1.165, 1.54) is 24.3 Å². The zero-order valence-corrected chi connectivity index (χ0v) is 41.0. The molecule has 10 rings (SSSR count). The summed E-state index contributed by atoms with van der Waals surface area (Å²) in [5.41, 5.74) is 3.14. The monoisotopic (exact) mass is 960 g/mol. The first-order chi connectivity index (χ1) is 33.7. The summed E-state index contributed by atoms with van der Waals surface area (Å²) in [5, 5.41) is 31.9. The van der Waals surface area contributed by atoms with Crippen molar-refractivity contribution in [2.75, 3.05) is 50.6 Å². The number of aromatic carboxylic acids is 2. The molecular weight excluding hydrogens is 901 g/mol. The number of carbonyl (C=O) groups excluding carboxylic acids is 4. The van der Waals surface area contributed by atoms with Crippen molar-refractivity contribution in [1.29, 1.82) is 0 Å². The van der Waals surface area contributed by atoms with Gasteiger partial charge in [-0.05, 0) is 104 Å². The molecule has 6 aromatic rings. The van der Waals surface area contributed by atoms with Crippen molar-refractivity contribution in [3.8, 4) is 16.9 Å². The number of fused-ring (bicyclic) bond motifs is 6. The minimum atomic E-state index is -1.12. The number of hydrogen-bond acceptors (Lipinski definition) is 11. The molecule has 6 aromatic carbocycles. The third-order valence-electron chi connectivity index (χ3n) is 14.5. The van der Waals surface area contributed by atoms with Gasteiger partial charge in [-0.15, -0.1) is 0 Å². The third kappa shape index (κ3) is 9.81. The number of carboxylic acids is 2. The minimum absolute atomic E-state index is 0.0107. The Kier molecular flexibility index (Phi) is 13.8. The summed E-state index contributed by atoms with van der Waals surface area (Å²) in [5.74, 6) is -1.99. The van der Waals surface area contributed by atoms with E-state index in [1.54, 1.807) is 26.4 Å². The molecule has 2 aliphatic heterocycles. The SMILES string of the molecule is COCN1CC2(Cc3c1ccc1ccccc31)C(=O)CC(C)(C)CC2=O.COCN1CC2(Cc3c1ccc1ccccc31)C(=O)CC(C)(C)CC2=O.O=C(O)c1ccc(-c2ccc(C(=O)O)cc2O)cc1. The van der Waals surface area contributed by atoms with Crippen LogP contribution in [0.5, 0.6) is 5.75 Å². The molecule has 2 fully saturated rings. The second-order valence-electron chi connectivity index (χ2n) is 21.0. The molecule has 368 valence electrons. The molecule has 2 aliphatic carbocycles. The van der Waals surface area contributed by atoms with E-state index >= 15 is 0 Å². The maximum atomic E-state index is 13.2. The highest BCUT2D eigenvalue weighted by Crippen LogP contribution is 2.50. The number of rotatable bonds is 7. The van der Waals surface area contributed by atoms with Crippen molar-refractivity contribution >= 4 is 68.0 Å². The number of methoxy groups -OCH3 is 2. The number of phenolic OH excluding ortho intramolecular Hbond substituents is 1. The molecule has 0 unspecified atom stereocenters. The van der Waals surface area contributed by atoms with Gasteiger partial charge in [0.1, 0.15) is 53.2 Å². The Balaban J connectivity index is 0.000000145. The van der Waals surface area contributed by atoms with E-state index in [-0.39, 0.29) is 50.8 Å². The first kappa shape index (κ1) is 50.2. The number of Topliss-reactive ketones (excluding diaryl/α,β-unsaturated/α-hetero) is 4. The number of benzene rings is 6. The lowest BCUT2D eigenvalue weighted by Gasteiger charge is -2.47. The van der Waals surface area contributed by atoms with Crippen LogP contribution in [-0.4, -0.2) is 91.2 Å². The number of carbonyl (C=O) groups is 6. The van der Waals surface area contributed by atoms with Gasteiger partial charge in [-0.1, -0.05) is 100 Å². The molecule has 0 saturated heterocycles. The maximum Gasteiger partial charge on any atom is 0.335 e. The van der Waals surface area contributed by atoms with Crippen LogP contribution in [0, 0.1) is 21.7 Å². The van der Waals surface area contributed by atoms with Crippen LogP contribution in [0.2, 0.25) is 0 Å². The van der Waals surface area contributed by atoms with E-state index in [0.717, 1.165) is 50.1 Å². The summed E-state index contributed by atoms with van der Waals surface area (Å²) in [6.07, 6.45) is 2.83. The molecule has 0 radical (unpaired) electrons. The van der Waals surface area contributed by atoms with Gasteiger partial charge in [0.2, 0.25) is 0 Å². The maximum absolute atomic E-state index is 13.2. The van der Waals surface area contributed by atoms with Gasteiger partial charge in [-0.2, -0.15) is 0 Å². The van der Waals surface area contributed by atoms with Crippen LogP contribution < -0.4 is 9.80 Å². The number of hydrogen-bond donors (Lipinski definition) is 3. The Morgan fingerprint density at radius 1 is 0.521 bits per heavy atom. The van der Waals surface area contributed by atoms with E-state index in [9.17, 15) is 33.9 Å². The standard InChI is InChI=1S/2C22H25NO3.C14H10O5/c2*1-21(2)11-19(24)22(20(25)12-21)10-17-16-7-5-4-6-15(16)8-9-18(17)23(13-22)14-26-3;15-12-7-10(14(18)19)5-6-11(12)8-1-3-9(4-2-8)13(16)17/h2*4-9H,10-14H2,1-3H3;1-7,15H,(H,16,17)(H,18,19). The molecule has 0 bridgehead atoms. The number of ketones is 4. The number of carboxylic acid groups (broad SMARTS) is 2. The van der Waals surface area contributed by atoms with Crippen LogP contribution >= 0.6 is 0 Å². The smallest absolute Gasteiger partial charge is 0.335 e. The molecule has 0 amide bonds. The normalized spacial score (nSPS) is 18.3. The molecule has 4 aliphatic rings. The summed E-state index contributed by atoms with van der Waals surface area (Å²) in [7, 11) is 3.30. The molecule has 2 spiro atoms. The highest BCUT2D eigenvalue weighted by atomic mass is 16.5. The summed E-state index contributed by atoms with van der Waals surface area (Å²) in [6.45, 7) is 9.61. The Morgan fingerprint density at radius 2 is 0.915 bits per heavy atom. The zero-order chi connectivity index (χ0) is 51.0. The number of nitrogens with zero attached hydrogens (tertiary/aromatic N) is 2. The average molecular weight is 961 g/mol. The van der Waals surface area contributed by atoms with Gasteiger partial charge in [0.05, 0.1) is 11.1 Å². The van der Waals surface area contributed by atoms with Crippen LogP contribution in [-0.2, 0) is 41.5 Å². The van der Waals surface area contributed by atoms with E-state index in [4.69, 9.17) is 19.7 Å². The minimum Gasteiger partial charge on any atom is -0.507 e. The predicted octanol–water partition coefficient (Wildman–Crippen LogP) is 9.96. The van der Waals surface area contributed by atoms with Gasteiger partial charge in [0, 0.05) is 69.9 Å². The van der Waals surface area contributed by atoms with Crippen molar-refractivity contribution in [1.82, 2.24) is 0 Å². The molecule has 3 N–H and O–H groups in total. The molecular formula is C58H60N2O11. The lowest BCUT2D eigenvalue weighted by molar-refractivity contribution is -0.149. The van der Waals surface area contributed by atoms with Crippen molar-refractivity contribution in [3.63, 3.8) is 0 Å². The number of phenols is 1. The average Bonchev–Trinajstić information content (AvgIpc) is 3.32. The Hall–Kier alpha value is -7.22. The zero-order valence-electron chi connectivity index (χ0n) is 41.0. The first-order valence-electron chi connectivity index (χ1n) is 23.7. The first-order valence-corrected chi connectivity index (χ1v) is 23.7. The van der Waals surface area contributed by atoms with Gasteiger partial charge >= 0.3 is 11.9 Å². The van der Waals surface area contributed by atoms with Gasteiger partial charge in [0.15, 0.2) is 0 Å². The number of aromatic hydroxyl groups is 1. The van der Waals surface area contributed by atoms with Crippen molar-refractivity contribution in [2.24, 2.45) is 21.7 Å². The lowest BCUT2D eigenvalue weighted by atomic mass is 9.60. The van der Waals surface area contributed by atoms with Crippen molar-refractivity contribution in [3.05, 3.63) is 138 Å². The van der Waals surface area contributed by atoms with Crippen LogP contribution in [0.3, 0.4) is 0 Å². The summed E-state index contributed by atoms with van der Waals surface area (Å²) in [4.78, 5) is 78.4. The van der Waals surface area contributed by atoms with Crippen molar-refractivity contribution in [2.45, 2.75) is 66.2 Å². The Labute approximate surface area is 413 Å². The van der Waals surface area contributed by atoms with E-state index in [1.807, 2.05) is 52.0 Å². The fourth-order valence-corrected chi connectivity index (χ4v) is 11.0. The van der Waals surface area contributed by atoms with Gasteiger partial charge in [0.25, 0.3) is 0 Å². The fourth-order valence-electron chi connectivity index (χ4n) is 11.0. The molecule has 2 saturated carbocycles. The number of ether oxygens (including phenoxy) is 2. The van der Waals surface area contributed by atoms with E-state index in [0.29, 0.717) is 76.2 Å². The molecule has 13 nitrogen and oxygen atoms in total. The number of anilines is 2. The quantitative estimate of drug-likeness (QED) is 0.128. The largest absolute Gasteiger partial charge is 0.507 e. The third-order valence-corrected chi connectivity index (χ3v) is 14.5. The topological polar surface area (TPSA) is 188 Å². The molecule has 2 heterocycles. The summed E-state index contributed by atoms with van der Waals surface area (Å²) in [6, 6.07) is 34.7. The molecule has 71 heavy (non-hydrogen) atoms. The van der Waals surface area contributed by atoms with Crippen LogP contribution in [0.1, 0.15) is 85.2 Å². The van der Waals surface area contributed by atoms with E-state index in [2.05, 4.69) is 58.3 Å². The van der Waals surface area contributed by atoms with Crippen LogP contribution in [0.15, 0.2) is 115 Å². The summed E-state index contributed by atoms with van der Waals surface area (Å²) >= 11 is 0. The second-order valence-corrected chi connectivity index (χ2v) is 21.0. The highest BCUT2D eigenvalue weighted by molar-refractivity contribution is 6.13. The fraction of sp³-hybridized carbons (Fsp3) is 0.345. The van der Waals surface area contributed by atoms with Gasteiger partial charge in [-0.3, -0.25) is 19.2 Å². The van der Waals surface area contributed by atoms with Gasteiger partial charge in [-0.25, -0.2) is 9.59 Å². The van der Waals surface area contributed by atoms with E-state index < -0.39 is 22.8 Å². The van der Waals surface area contributed by atoms with Crippen LogP contribution in [0.25, 0.3) is 32.7 Å². The molecule has 0 atom stereocenters. The molecule has 0 aromatic heterocycles. The second kappa shape index (κ2) is 19.5. The Morgan fingerprint density at radius 3 is 1.30 bits per heavy atom. The molecule has 13 heteroatoms. The Bertz CT molecular complexity index is 2910. The highest BCUT2D eigenvalue weighted by Gasteiger charge is 2.56. The predicted molar refractivity (Wildman–Crippen MR) is 272 cm³/mol. The van der Waals surface area contributed by atoms with Crippen LogP contribution in [0.4, 0.5) is 11.4 Å². The summed E-state index contributed by atoms with van der Waals surface area (Å²) < 4.78 is 10.8. The lowest BCUT2D eigenvalue weighted by Crippen LogP contribution is -2.57. The van der Waals surface area contributed by atoms with Crippen molar-refractivity contribution < 1.29 is 53.6 Å². The van der Waals surface area contributed by atoms with Gasteiger partial charge < -0.3 is 34.6 Å².